The number of carbonyl (C=O) groups excluding carboxylic acids is 1. The molecule has 1 aromatic heterocycles. The van der Waals surface area contributed by atoms with Gasteiger partial charge in [-0.15, -0.1) is 0 Å². The Morgan fingerprint density at radius 1 is 1.20 bits per heavy atom. The van der Waals surface area contributed by atoms with Crippen LogP contribution in [0, 0.1) is 12.7 Å². The molecule has 3 nitrogen and oxygen atoms in total. The lowest BCUT2D eigenvalue weighted by molar-refractivity contribution is 0.0947. The van der Waals surface area contributed by atoms with Gasteiger partial charge in [0.25, 0.3) is 5.91 Å². The Morgan fingerprint density at radius 3 is 2.72 bits per heavy atom. The highest BCUT2D eigenvalue weighted by atomic mass is 79.9. The van der Waals surface area contributed by atoms with Gasteiger partial charge in [0.1, 0.15) is 5.82 Å². The molecular formula is C20H16BrFN2O. The molecule has 0 aliphatic heterocycles. The lowest BCUT2D eigenvalue weighted by atomic mass is 9.99. The van der Waals surface area contributed by atoms with Crippen LogP contribution in [0.1, 0.15) is 21.5 Å². The fourth-order valence-corrected chi connectivity index (χ4v) is 3.07. The summed E-state index contributed by atoms with van der Waals surface area (Å²) in [5.41, 5.74) is 3.60. The van der Waals surface area contributed by atoms with E-state index in [2.05, 4.69) is 26.2 Å². The molecule has 0 unspecified atom stereocenters. The Labute approximate surface area is 154 Å². The zero-order chi connectivity index (χ0) is 17.8. The minimum absolute atomic E-state index is 0.0300. The Balaban J connectivity index is 1.78. The van der Waals surface area contributed by atoms with Crippen LogP contribution in [-0.2, 0) is 6.54 Å². The quantitative estimate of drug-likeness (QED) is 0.679. The molecular weight excluding hydrogens is 383 g/mol. The number of hydrogen-bond donors (Lipinski definition) is 1. The first-order chi connectivity index (χ1) is 12.0. The van der Waals surface area contributed by atoms with Crippen molar-refractivity contribution < 1.29 is 9.18 Å². The van der Waals surface area contributed by atoms with Crippen LogP contribution in [0.15, 0.2) is 65.4 Å². The molecule has 0 bridgehead atoms. The van der Waals surface area contributed by atoms with E-state index in [0.717, 1.165) is 26.7 Å². The summed E-state index contributed by atoms with van der Waals surface area (Å²) in [6.07, 6.45) is 3.32. The molecule has 0 atom stereocenters. The molecule has 0 saturated carbocycles. The number of amides is 1. The van der Waals surface area contributed by atoms with Gasteiger partial charge in [0.2, 0.25) is 0 Å². The van der Waals surface area contributed by atoms with Crippen LogP contribution in [-0.4, -0.2) is 10.9 Å². The van der Waals surface area contributed by atoms with Crippen LogP contribution in [0.25, 0.3) is 11.1 Å². The van der Waals surface area contributed by atoms with Gasteiger partial charge in [0, 0.05) is 23.4 Å². The average Bonchev–Trinajstić information content (AvgIpc) is 2.60. The highest BCUT2D eigenvalue weighted by Crippen LogP contribution is 2.27. The third kappa shape index (κ3) is 4.12. The van der Waals surface area contributed by atoms with Crippen LogP contribution in [0.3, 0.4) is 0 Å². The summed E-state index contributed by atoms with van der Waals surface area (Å²) in [7, 11) is 0. The number of benzene rings is 2. The molecule has 0 fully saturated rings. The van der Waals surface area contributed by atoms with E-state index in [0.29, 0.717) is 6.54 Å². The molecule has 5 heteroatoms. The van der Waals surface area contributed by atoms with Crippen LogP contribution in [0.2, 0.25) is 0 Å². The molecule has 1 heterocycles. The lowest BCUT2D eigenvalue weighted by Crippen LogP contribution is -2.23. The van der Waals surface area contributed by atoms with E-state index in [9.17, 15) is 9.18 Å². The minimum atomic E-state index is -0.538. The number of halogens is 2. The van der Waals surface area contributed by atoms with E-state index in [1.165, 1.54) is 12.1 Å². The predicted molar refractivity (Wildman–Crippen MR) is 99.7 cm³/mol. The van der Waals surface area contributed by atoms with Gasteiger partial charge in [-0.3, -0.25) is 9.78 Å². The summed E-state index contributed by atoms with van der Waals surface area (Å²) < 4.78 is 15.4. The van der Waals surface area contributed by atoms with Gasteiger partial charge < -0.3 is 5.32 Å². The van der Waals surface area contributed by atoms with Crippen LogP contribution < -0.4 is 5.32 Å². The molecule has 0 radical (unpaired) electrons. The van der Waals surface area contributed by atoms with Crippen molar-refractivity contribution in [3.8, 4) is 11.1 Å². The first-order valence-electron chi connectivity index (χ1n) is 7.78. The standard InChI is InChI=1S/C20H16BrFN2O/c1-13-9-16(21)5-7-17(13)15-4-6-18(19(22)10-15)20(25)24-12-14-3-2-8-23-11-14/h2-11H,12H2,1H3,(H,24,25). The molecule has 0 spiro atoms. The summed E-state index contributed by atoms with van der Waals surface area (Å²) >= 11 is 3.42. The number of carbonyl (C=O) groups is 1. The minimum Gasteiger partial charge on any atom is -0.348 e. The molecule has 25 heavy (non-hydrogen) atoms. The van der Waals surface area contributed by atoms with Gasteiger partial charge in [0.15, 0.2) is 0 Å². The Kier molecular flexibility index (Phi) is 5.24. The van der Waals surface area contributed by atoms with Crippen molar-refractivity contribution in [2.45, 2.75) is 13.5 Å². The summed E-state index contributed by atoms with van der Waals surface area (Å²) in [5.74, 6) is -0.982. The Hall–Kier alpha value is -2.53. The van der Waals surface area contributed by atoms with E-state index in [1.54, 1.807) is 24.5 Å². The fraction of sp³-hybridized carbons (Fsp3) is 0.100. The second-order valence-electron chi connectivity index (χ2n) is 5.70. The van der Waals surface area contributed by atoms with E-state index in [1.807, 2.05) is 31.2 Å². The highest BCUT2D eigenvalue weighted by Gasteiger charge is 2.13. The van der Waals surface area contributed by atoms with Crippen molar-refractivity contribution in [1.29, 1.82) is 0 Å². The van der Waals surface area contributed by atoms with Crippen molar-refractivity contribution in [3.05, 3.63) is 87.9 Å². The maximum Gasteiger partial charge on any atom is 0.254 e. The second kappa shape index (κ2) is 7.57. The summed E-state index contributed by atoms with van der Waals surface area (Å²) in [5, 5.41) is 2.71. The van der Waals surface area contributed by atoms with Crippen molar-refractivity contribution in [1.82, 2.24) is 10.3 Å². The van der Waals surface area contributed by atoms with E-state index in [4.69, 9.17) is 0 Å². The second-order valence-corrected chi connectivity index (χ2v) is 6.61. The smallest absolute Gasteiger partial charge is 0.254 e. The number of rotatable bonds is 4. The Bertz CT molecular complexity index is 913. The predicted octanol–water partition coefficient (Wildman–Crippen LogP) is 4.89. The number of hydrogen-bond acceptors (Lipinski definition) is 2. The van der Waals surface area contributed by atoms with Crippen LogP contribution >= 0.6 is 15.9 Å². The Morgan fingerprint density at radius 2 is 2.04 bits per heavy atom. The van der Waals surface area contributed by atoms with Gasteiger partial charge in [0.05, 0.1) is 5.56 Å². The monoisotopic (exact) mass is 398 g/mol. The van der Waals surface area contributed by atoms with E-state index >= 15 is 0 Å². The van der Waals surface area contributed by atoms with Crippen molar-refractivity contribution >= 4 is 21.8 Å². The highest BCUT2D eigenvalue weighted by molar-refractivity contribution is 9.10. The molecule has 0 saturated heterocycles. The molecule has 2 aromatic carbocycles. The largest absolute Gasteiger partial charge is 0.348 e. The third-order valence-corrected chi connectivity index (χ3v) is 4.38. The van der Waals surface area contributed by atoms with Crippen LogP contribution in [0.4, 0.5) is 4.39 Å². The first-order valence-corrected chi connectivity index (χ1v) is 8.57. The fourth-order valence-electron chi connectivity index (χ4n) is 2.60. The maximum atomic E-state index is 14.4. The van der Waals surface area contributed by atoms with E-state index < -0.39 is 11.7 Å². The van der Waals surface area contributed by atoms with Gasteiger partial charge in [-0.05, 0) is 59.5 Å². The molecule has 0 aliphatic rings. The van der Waals surface area contributed by atoms with E-state index in [-0.39, 0.29) is 5.56 Å². The molecule has 126 valence electrons. The zero-order valence-electron chi connectivity index (χ0n) is 13.6. The summed E-state index contributed by atoms with van der Waals surface area (Å²) in [6.45, 7) is 2.27. The third-order valence-electron chi connectivity index (χ3n) is 3.89. The lowest BCUT2D eigenvalue weighted by Gasteiger charge is -2.10. The number of aromatic nitrogens is 1. The maximum absolute atomic E-state index is 14.4. The molecule has 1 N–H and O–H groups in total. The van der Waals surface area contributed by atoms with Crippen molar-refractivity contribution in [3.63, 3.8) is 0 Å². The molecule has 3 aromatic rings. The normalized spacial score (nSPS) is 10.5. The zero-order valence-corrected chi connectivity index (χ0v) is 15.2. The summed E-state index contributed by atoms with van der Waals surface area (Å²) in [6, 6.07) is 14.1. The van der Waals surface area contributed by atoms with Gasteiger partial charge >= 0.3 is 0 Å². The molecule has 0 aliphatic carbocycles. The van der Waals surface area contributed by atoms with Crippen LogP contribution in [0.5, 0.6) is 0 Å². The number of aryl methyl sites for hydroxylation is 1. The molecule has 3 rings (SSSR count). The number of nitrogens with one attached hydrogen (secondary N) is 1. The number of pyridine rings is 1. The molecule has 1 amide bonds. The number of nitrogens with zero attached hydrogens (tertiary/aromatic N) is 1. The average molecular weight is 399 g/mol. The SMILES string of the molecule is Cc1cc(Br)ccc1-c1ccc(C(=O)NCc2cccnc2)c(F)c1. The van der Waals surface area contributed by atoms with Gasteiger partial charge in [-0.1, -0.05) is 34.1 Å². The summed E-state index contributed by atoms with van der Waals surface area (Å²) in [4.78, 5) is 16.2. The first kappa shape index (κ1) is 17.3. The van der Waals surface area contributed by atoms with Crippen molar-refractivity contribution in [2.75, 3.05) is 0 Å². The topological polar surface area (TPSA) is 42.0 Å². The van der Waals surface area contributed by atoms with Gasteiger partial charge in [-0.2, -0.15) is 0 Å². The van der Waals surface area contributed by atoms with Gasteiger partial charge in [-0.25, -0.2) is 4.39 Å². The van der Waals surface area contributed by atoms with Crippen molar-refractivity contribution in [2.24, 2.45) is 0 Å².